The number of rotatable bonds is 4. The van der Waals surface area contributed by atoms with Crippen molar-refractivity contribution in [3.8, 4) is 0 Å². The van der Waals surface area contributed by atoms with Crippen molar-refractivity contribution in [2.45, 2.75) is 44.2 Å². The molecular weight excluding hydrogens is 455 g/mol. The van der Waals surface area contributed by atoms with Crippen LogP contribution in [0, 0.1) is 0 Å². The zero-order valence-electron chi connectivity index (χ0n) is 16.5. The van der Waals surface area contributed by atoms with Crippen LogP contribution in [-0.2, 0) is 11.8 Å². The van der Waals surface area contributed by atoms with Crippen molar-refractivity contribution in [2.24, 2.45) is 12.0 Å². The Morgan fingerprint density at radius 2 is 2.22 bits per heavy atom. The lowest BCUT2D eigenvalue weighted by Gasteiger charge is -2.34. The van der Waals surface area contributed by atoms with Gasteiger partial charge in [0.25, 0.3) is 0 Å². The molecule has 0 amide bonds. The highest BCUT2D eigenvalue weighted by atomic mass is 127. The van der Waals surface area contributed by atoms with E-state index >= 15 is 0 Å². The predicted molar refractivity (Wildman–Crippen MR) is 118 cm³/mol. The van der Waals surface area contributed by atoms with Crippen LogP contribution in [0.2, 0.25) is 0 Å². The molecule has 152 valence electrons. The van der Waals surface area contributed by atoms with Crippen molar-refractivity contribution in [1.29, 1.82) is 0 Å². The minimum Gasteiger partial charge on any atom is -0.373 e. The van der Waals surface area contributed by atoms with Gasteiger partial charge in [0, 0.05) is 51.4 Å². The molecule has 7 nitrogen and oxygen atoms in total. The summed E-state index contributed by atoms with van der Waals surface area (Å²) >= 11 is 0. The van der Waals surface area contributed by atoms with Crippen molar-refractivity contribution in [3.63, 3.8) is 0 Å². The molecule has 0 saturated carbocycles. The maximum Gasteiger partial charge on any atom is 0.194 e. The second-order valence-corrected chi connectivity index (χ2v) is 7.82. The van der Waals surface area contributed by atoms with E-state index in [4.69, 9.17) is 9.73 Å². The SMILES string of the molecule is CCNC(=NCC1CN2CCCC2CO1)N1CCC(c2cnn(C)c2)C1.I. The number of hydrogen-bond donors (Lipinski definition) is 1. The molecule has 1 aromatic heterocycles. The Labute approximate surface area is 179 Å². The number of nitrogens with zero attached hydrogens (tertiary/aromatic N) is 5. The number of guanidine groups is 1. The molecular formula is C19H33IN6O. The van der Waals surface area contributed by atoms with E-state index in [0.717, 1.165) is 51.7 Å². The van der Waals surface area contributed by atoms with Crippen LogP contribution in [0.3, 0.4) is 0 Å². The summed E-state index contributed by atoms with van der Waals surface area (Å²) in [7, 11) is 1.98. The van der Waals surface area contributed by atoms with Gasteiger partial charge < -0.3 is 15.0 Å². The summed E-state index contributed by atoms with van der Waals surface area (Å²) in [4.78, 5) is 9.91. The van der Waals surface area contributed by atoms with Crippen LogP contribution in [0.25, 0.3) is 0 Å². The van der Waals surface area contributed by atoms with Crippen molar-refractivity contribution in [2.75, 3.05) is 45.9 Å². The third kappa shape index (κ3) is 4.95. The van der Waals surface area contributed by atoms with Crippen LogP contribution in [0.5, 0.6) is 0 Å². The second-order valence-electron chi connectivity index (χ2n) is 7.82. The van der Waals surface area contributed by atoms with Crippen LogP contribution in [0.1, 0.15) is 37.7 Å². The van der Waals surface area contributed by atoms with Crippen molar-refractivity contribution < 1.29 is 4.74 Å². The van der Waals surface area contributed by atoms with Crippen LogP contribution >= 0.6 is 24.0 Å². The normalized spacial score (nSPS) is 28.9. The van der Waals surface area contributed by atoms with Crippen molar-refractivity contribution in [3.05, 3.63) is 18.0 Å². The van der Waals surface area contributed by atoms with Crippen LogP contribution in [-0.4, -0.2) is 83.6 Å². The van der Waals surface area contributed by atoms with Crippen LogP contribution < -0.4 is 5.32 Å². The van der Waals surface area contributed by atoms with Gasteiger partial charge in [-0.1, -0.05) is 0 Å². The number of aromatic nitrogens is 2. The van der Waals surface area contributed by atoms with Gasteiger partial charge in [0.15, 0.2) is 5.96 Å². The maximum absolute atomic E-state index is 6.07. The zero-order valence-corrected chi connectivity index (χ0v) is 18.8. The van der Waals surface area contributed by atoms with Gasteiger partial charge in [-0.05, 0) is 38.3 Å². The molecule has 27 heavy (non-hydrogen) atoms. The summed E-state index contributed by atoms with van der Waals surface area (Å²) in [6, 6.07) is 0.655. The highest BCUT2D eigenvalue weighted by molar-refractivity contribution is 14.0. The van der Waals surface area contributed by atoms with Crippen molar-refractivity contribution in [1.82, 2.24) is 24.9 Å². The predicted octanol–water partition coefficient (Wildman–Crippen LogP) is 1.66. The highest BCUT2D eigenvalue weighted by Gasteiger charge is 2.32. The molecule has 8 heteroatoms. The van der Waals surface area contributed by atoms with Crippen molar-refractivity contribution >= 4 is 29.9 Å². The molecule has 0 spiro atoms. The first-order valence-corrected chi connectivity index (χ1v) is 10.1. The van der Waals surface area contributed by atoms with E-state index < -0.39 is 0 Å². The lowest BCUT2D eigenvalue weighted by Crippen LogP contribution is -2.47. The molecule has 3 atom stereocenters. The molecule has 3 unspecified atom stereocenters. The number of likely N-dealkylation sites (tertiary alicyclic amines) is 1. The molecule has 4 heterocycles. The average molecular weight is 488 g/mol. The van der Waals surface area contributed by atoms with Gasteiger partial charge in [-0.15, -0.1) is 24.0 Å². The van der Waals surface area contributed by atoms with E-state index in [9.17, 15) is 0 Å². The lowest BCUT2D eigenvalue weighted by molar-refractivity contribution is -0.0432. The third-order valence-corrected chi connectivity index (χ3v) is 5.93. The van der Waals surface area contributed by atoms with Crippen LogP contribution in [0.4, 0.5) is 0 Å². The van der Waals surface area contributed by atoms with E-state index in [1.54, 1.807) is 0 Å². The van der Waals surface area contributed by atoms with Gasteiger partial charge >= 0.3 is 0 Å². The summed E-state index contributed by atoms with van der Waals surface area (Å²) < 4.78 is 7.96. The minimum absolute atomic E-state index is 0. The summed E-state index contributed by atoms with van der Waals surface area (Å²) in [5.74, 6) is 1.58. The monoisotopic (exact) mass is 488 g/mol. The molecule has 4 rings (SSSR count). The number of morpholine rings is 1. The molecule has 0 bridgehead atoms. The Bertz CT molecular complexity index is 635. The largest absolute Gasteiger partial charge is 0.373 e. The Kier molecular flexibility index (Phi) is 7.38. The zero-order chi connectivity index (χ0) is 17.9. The molecule has 3 saturated heterocycles. The number of aliphatic imine (C=N–C) groups is 1. The Morgan fingerprint density at radius 1 is 1.33 bits per heavy atom. The van der Waals surface area contributed by atoms with Gasteiger partial charge in [0.1, 0.15) is 0 Å². The van der Waals surface area contributed by atoms with Gasteiger partial charge in [-0.25, -0.2) is 0 Å². The summed E-state index contributed by atoms with van der Waals surface area (Å²) in [6.07, 6.45) is 8.14. The molecule has 0 aromatic carbocycles. The standard InChI is InChI=1S/C19H32N6O.HI/c1-3-20-19(21-10-18-13-24-7-4-5-17(24)14-26-18)25-8-6-15(12-25)16-9-22-23(2)11-16;/h9,11,15,17-18H,3-8,10,12-14H2,1-2H3,(H,20,21);1H. The molecule has 0 radical (unpaired) electrons. The third-order valence-electron chi connectivity index (χ3n) is 5.93. The quantitative estimate of drug-likeness (QED) is 0.397. The number of halogens is 1. The number of aryl methyl sites for hydroxylation is 1. The van der Waals surface area contributed by atoms with E-state index in [0.29, 0.717) is 12.0 Å². The van der Waals surface area contributed by atoms with E-state index in [1.807, 2.05) is 17.9 Å². The molecule has 3 aliphatic heterocycles. The number of ether oxygens (including phenoxy) is 1. The lowest BCUT2D eigenvalue weighted by atomic mass is 10.0. The number of hydrogen-bond acceptors (Lipinski definition) is 4. The van der Waals surface area contributed by atoms with Gasteiger partial charge in [-0.3, -0.25) is 14.6 Å². The van der Waals surface area contributed by atoms with Gasteiger partial charge in [-0.2, -0.15) is 5.10 Å². The van der Waals surface area contributed by atoms with Crippen LogP contribution in [0.15, 0.2) is 17.4 Å². The Morgan fingerprint density at radius 3 is 3.00 bits per heavy atom. The first kappa shape index (κ1) is 20.9. The molecule has 1 aromatic rings. The number of fused-ring (bicyclic) bond motifs is 1. The first-order chi connectivity index (χ1) is 12.7. The molecule has 3 fully saturated rings. The molecule has 0 aliphatic carbocycles. The minimum atomic E-state index is 0. The van der Waals surface area contributed by atoms with Gasteiger partial charge in [0.05, 0.1) is 25.5 Å². The highest BCUT2D eigenvalue weighted by Crippen LogP contribution is 2.27. The first-order valence-electron chi connectivity index (χ1n) is 10.1. The average Bonchev–Trinajstić information content (AvgIpc) is 3.38. The summed E-state index contributed by atoms with van der Waals surface area (Å²) in [5.41, 5.74) is 1.33. The van der Waals surface area contributed by atoms with Gasteiger partial charge in [0.2, 0.25) is 0 Å². The number of nitrogens with one attached hydrogen (secondary N) is 1. The molecule has 1 N–H and O–H groups in total. The summed E-state index contributed by atoms with van der Waals surface area (Å²) in [6.45, 7) is 8.98. The van der Waals surface area contributed by atoms with E-state index in [2.05, 4.69) is 33.3 Å². The second kappa shape index (κ2) is 9.56. The molecule has 3 aliphatic rings. The van der Waals surface area contributed by atoms with E-state index in [-0.39, 0.29) is 30.1 Å². The maximum atomic E-state index is 6.07. The smallest absolute Gasteiger partial charge is 0.194 e. The Balaban J connectivity index is 0.00000210. The fourth-order valence-electron chi connectivity index (χ4n) is 4.49. The summed E-state index contributed by atoms with van der Waals surface area (Å²) in [5, 5.41) is 7.80. The topological polar surface area (TPSA) is 57.9 Å². The fourth-order valence-corrected chi connectivity index (χ4v) is 4.49. The fraction of sp³-hybridized carbons (Fsp3) is 0.789. The van der Waals surface area contributed by atoms with E-state index in [1.165, 1.54) is 24.9 Å². The Hall–Kier alpha value is -0.870.